The minimum Gasteiger partial charge on any atom is -0.496 e. The second-order valence-corrected chi connectivity index (χ2v) is 6.00. The summed E-state index contributed by atoms with van der Waals surface area (Å²) in [6.07, 6.45) is 0.794. The van der Waals surface area contributed by atoms with Crippen molar-refractivity contribution in [3.05, 3.63) is 29.3 Å². The van der Waals surface area contributed by atoms with Crippen LogP contribution in [-0.4, -0.2) is 12.9 Å². The van der Waals surface area contributed by atoms with Gasteiger partial charge in [-0.15, -0.1) is 0 Å². The maximum absolute atomic E-state index is 11.3. The molecule has 18 heavy (non-hydrogen) atoms. The van der Waals surface area contributed by atoms with E-state index in [0.29, 0.717) is 0 Å². The Morgan fingerprint density at radius 3 is 2.39 bits per heavy atom. The first-order valence-electron chi connectivity index (χ1n) is 6.43. The van der Waals surface area contributed by atoms with Crippen LogP contribution in [0.1, 0.15) is 45.7 Å². The largest absolute Gasteiger partial charge is 0.496 e. The second-order valence-electron chi connectivity index (χ2n) is 6.00. The summed E-state index contributed by atoms with van der Waals surface area (Å²) in [6.45, 7) is 10.1. The Morgan fingerprint density at radius 2 is 1.94 bits per heavy atom. The molecule has 0 radical (unpaired) electrons. The van der Waals surface area contributed by atoms with E-state index in [1.165, 1.54) is 11.1 Å². The van der Waals surface area contributed by atoms with Gasteiger partial charge in [0.2, 0.25) is 0 Å². The van der Waals surface area contributed by atoms with Crippen LogP contribution in [0.4, 0.5) is 0 Å². The van der Waals surface area contributed by atoms with E-state index in [0.717, 1.165) is 12.2 Å². The van der Waals surface area contributed by atoms with E-state index in [2.05, 4.69) is 26.8 Å². The second kappa shape index (κ2) is 5.55. The van der Waals surface area contributed by atoms with Crippen molar-refractivity contribution in [2.24, 2.45) is 5.92 Å². The van der Waals surface area contributed by atoms with Crippen LogP contribution < -0.4 is 4.74 Å². The molecule has 1 atom stereocenters. The molecule has 0 fully saturated rings. The topological polar surface area (TPSA) is 26.3 Å². The first-order chi connectivity index (χ1) is 8.25. The number of ether oxygens (including phenoxy) is 1. The van der Waals surface area contributed by atoms with Gasteiger partial charge >= 0.3 is 0 Å². The molecule has 1 aromatic rings. The number of hydrogen-bond donors (Lipinski definition) is 0. The standard InChI is InChI=1S/C16H24O2/c1-11(12(2)17)9-13-7-8-15(18-6)14(10-13)16(3,4)5/h7-8,10-11H,9H2,1-6H3. The summed E-state index contributed by atoms with van der Waals surface area (Å²) in [5, 5.41) is 0. The third kappa shape index (κ3) is 3.59. The Hall–Kier alpha value is -1.31. The molecular weight excluding hydrogens is 224 g/mol. The van der Waals surface area contributed by atoms with E-state index in [-0.39, 0.29) is 17.1 Å². The Balaban J connectivity index is 3.07. The van der Waals surface area contributed by atoms with Gasteiger partial charge in [0.25, 0.3) is 0 Å². The summed E-state index contributed by atoms with van der Waals surface area (Å²) >= 11 is 0. The molecule has 0 heterocycles. The SMILES string of the molecule is COc1ccc(CC(C)C(C)=O)cc1C(C)(C)C. The average Bonchev–Trinajstić information content (AvgIpc) is 2.27. The zero-order valence-corrected chi connectivity index (χ0v) is 12.3. The number of hydrogen-bond acceptors (Lipinski definition) is 2. The predicted octanol–water partition coefficient (Wildman–Crippen LogP) is 3.76. The quantitative estimate of drug-likeness (QED) is 0.811. The summed E-state index contributed by atoms with van der Waals surface area (Å²) in [4.78, 5) is 11.3. The monoisotopic (exact) mass is 248 g/mol. The van der Waals surface area contributed by atoms with Gasteiger partial charge in [-0.3, -0.25) is 4.79 Å². The van der Waals surface area contributed by atoms with Gasteiger partial charge in [-0.1, -0.05) is 39.8 Å². The molecular formula is C16H24O2. The summed E-state index contributed by atoms with van der Waals surface area (Å²) in [6, 6.07) is 6.22. The van der Waals surface area contributed by atoms with Gasteiger partial charge in [0.1, 0.15) is 11.5 Å². The molecule has 0 spiro atoms. The highest BCUT2D eigenvalue weighted by Gasteiger charge is 2.20. The van der Waals surface area contributed by atoms with Gasteiger partial charge in [-0.2, -0.15) is 0 Å². The number of benzene rings is 1. The molecule has 1 unspecified atom stereocenters. The zero-order chi connectivity index (χ0) is 13.9. The molecule has 0 aromatic heterocycles. The van der Waals surface area contributed by atoms with Crippen LogP contribution in [0.15, 0.2) is 18.2 Å². The number of carbonyl (C=O) groups excluding carboxylic acids is 1. The lowest BCUT2D eigenvalue weighted by molar-refractivity contribution is -0.120. The molecule has 0 saturated heterocycles. The highest BCUT2D eigenvalue weighted by molar-refractivity contribution is 5.78. The van der Waals surface area contributed by atoms with E-state index < -0.39 is 0 Å². The average molecular weight is 248 g/mol. The van der Waals surface area contributed by atoms with Crippen LogP contribution in [0.2, 0.25) is 0 Å². The summed E-state index contributed by atoms with van der Waals surface area (Å²) in [7, 11) is 1.70. The van der Waals surface area contributed by atoms with Crippen LogP contribution in [0.3, 0.4) is 0 Å². The maximum atomic E-state index is 11.3. The van der Waals surface area contributed by atoms with Crippen molar-refractivity contribution in [1.29, 1.82) is 0 Å². The van der Waals surface area contributed by atoms with E-state index in [1.54, 1.807) is 14.0 Å². The minimum absolute atomic E-state index is 0.0425. The van der Waals surface area contributed by atoms with Crippen LogP contribution in [0, 0.1) is 5.92 Å². The lowest BCUT2D eigenvalue weighted by atomic mass is 9.84. The van der Waals surface area contributed by atoms with E-state index in [9.17, 15) is 4.79 Å². The Labute approximate surface area is 110 Å². The molecule has 2 heteroatoms. The molecule has 0 aliphatic rings. The van der Waals surface area contributed by atoms with Crippen molar-refractivity contribution in [2.45, 2.75) is 46.5 Å². The van der Waals surface area contributed by atoms with Crippen LogP contribution >= 0.6 is 0 Å². The lowest BCUT2D eigenvalue weighted by Crippen LogP contribution is -2.15. The van der Waals surface area contributed by atoms with Crippen LogP contribution in [-0.2, 0) is 16.6 Å². The minimum atomic E-state index is 0.0425. The van der Waals surface area contributed by atoms with Crippen molar-refractivity contribution < 1.29 is 9.53 Å². The smallest absolute Gasteiger partial charge is 0.132 e. The fourth-order valence-corrected chi connectivity index (χ4v) is 1.97. The number of carbonyl (C=O) groups is 1. The molecule has 0 aliphatic carbocycles. The van der Waals surface area contributed by atoms with Crippen molar-refractivity contribution in [2.75, 3.05) is 7.11 Å². The molecule has 0 amide bonds. The third-order valence-electron chi connectivity index (χ3n) is 3.31. The molecule has 1 rings (SSSR count). The van der Waals surface area contributed by atoms with Gasteiger partial charge < -0.3 is 4.74 Å². The normalized spacial score (nSPS) is 13.2. The fourth-order valence-electron chi connectivity index (χ4n) is 1.97. The van der Waals surface area contributed by atoms with Gasteiger partial charge in [0, 0.05) is 5.92 Å². The van der Waals surface area contributed by atoms with Crippen molar-refractivity contribution in [3.8, 4) is 5.75 Å². The highest BCUT2D eigenvalue weighted by atomic mass is 16.5. The number of Topliss-reactive ketones (excluding diaryl/α,β-unsaturated/α-hetero) is 1. The summed E-state index contributed by atoms with van der Waals surface area (Å²) in [5.41, 5.74) is 2.43. The van der Waals surface area contributed by atoms with Gasteiger partial charge in [0.05, 0.1) is 7.11 Å². The van der Waals surface area contributed by atoms with Crippen LogP contribution in [0.5, 0.6) is 5.75 Å². The zero-order valence-electron chi connectivity index (χ0n) is 12.3. The number of methoxy groups -OCH3 is 1. The summed E-state index contributed by atoms with van der Waals surface area (Å²) < 4.78 is 5.41. The molecule has 0 saturated carbocycles. The molecule has 2 nitrogen and oxygen atoms in total. The first-order valence-corrected chi connectivity index (χ1v) is 6.43. The summed E-state index contributed by atoms with van der Waals surface area (Å²) in [5.74, 6) is 1.23. The Morgan fingerprint density at radius 1 is 1.33 bits per heavy atom. The highest BCUT2D eigenvalue weighted by Crippen LogP contribution is 2.32. The fraction of sp³-hybridized carbons (Fsp3) is 0.562. The van der Waals surface area contributed by atoms with Crippen molar-refractivity contribution in [3.63, 3.8) is 0 Å². The van der Waals surface area contributed by atoms with Crippen molar-refractivity contribution >= 4 is 5.78 Å². The lowest BCUT2D eigenvalue weighted by Gasteiger charge is -2.23. The number of rotatable bonds is 4. The molecule has 0 bridgehead atoms. The molecule has 100 valence electrons. The van der Waals surface area contributed by atoms with E-state index >= 15 is 0 Å². The molecule has 1 aromatic carbocycles. The Bertz CT molecular complexity index is 427. The molecule has 0 aliphatic heterocycles. The van der Waals surface area contributed by atoms with Gasteiger partial charge in [-0.25, -0.2) is 0 Å². The first kappa shape index (κ1) is 14.7. The van der Waals surface area contributed by atoms with E-state index in [1.807, 2.05) is 19.1 Å². The van der Waals surface area contributed by atoms with E-state index in [4.69, 9.17) is 4.74 Å². The predicted molar refractivity (Wildman–Crippen MR) is 75.2 cm³/mol. The van der Waals surface area contributed by atoms with Crippen molar-refractivity contribution in [1.82, 2.24) is 0 Å². The Kier molecular flexibility index (Phi) is 4.55. The molecule has 0 N–H and O–H groups in total. The number of ketones is 1. The van der Waals surface area contributed by atoms with Crippen LogP contribution in [0.25, 0.3) is 0 Å². The third-order valence-corrected chi connectivity index (χ3v) is 3.31. The van der Waals surface area contributed by atoms with Gasteiger partial charge in [-0.05, 0) is 36.0 Å². The maximum Gasteiger partial charge on any atom is 0.132 e. The van der Waals surface area contributed by atoms with Gasteiger partial charge in [0.15, 0.2) is 0 Å².